The van der Waals surface area contributed by atoms with Gasteiger partial charge in [-0.25, -0.2) is 4.79 Å². The molecule has 0 saturated heterocycles. The van der Waals surface area contributed by atoms with E-state index in [1.807, 2.05) is 0 Å². The van der Waals surface area contributed by atoms with E-state index < -0.39 is 5.97 Å². The van der Waals surface area contributed by atoms with Crippen LogP contribution in [0.4, 0.5) is 5.69 Å². The molecule has 0 aliphatic carbocycles. The number of nitrogen functional groups attached to an aromatic ring is 1. The number of anilines is 1. The van der Waals surface area contributed by atoms with Crippen LogP contribution in [0.25, 0.3) is 0 Å². The van der Waals surface area contributed by atoms with Crippen molar-refractivity contribution >= 4 is 23.3 Å². The maximum absolute atomic E-state index is 10.8. The van der Waals surface area contributed by atoms with Gasteiger partial charge in [0.05, 0.1) is 22.9 Å². The molecule has 0 aromatic heterocycles. The summed E-state index contributed by atoms with van der Waals surface area (Å²) in [4.78, 5) is 10.8. The number of carboxylic acid groups (broad SMARTS) is 1. The molecule has 0 amide bonds. The zero-order valence-electron chi connectivity index (χ0n) is 8.70. The molecule has 1 rings (SSSR count). The fraction of sp³-hybridized carbons (Fsp3) is 0.300. The molecular formula is C10H12ClNO4. The number of rotatable bonds is 5. The Hall–Kier alpha value is -1.46. The van der Waals surface area contributed by atoms with Crippen molar-refractivity contribution in [2.75, 3.05) is 26.1 Å². The Morgan fingerprint density at radius 1 is 1.50 bits per heavy atom. The monoisotopic (exact) mass is 245 g/mol. The third kappa shape index (κ3) is 2.77. The lowest BCUT2D eigenvalue weighted by Crippen LogP contribution is -2.09. The molecule has 3 N–H and O–H groups in total. The number of methoxy groups -OCH3 is 1. The summed E-state index contributed by atoms with van der Waals surface area (Å²) in [6, 6.07) is 2.77. The highest BCUT2D eigenvalue weighted by Gasteiger charge is 2.15. The van der Waals surface area contributed by atoms with Gasteiger partial charge >= 0.3 is 5.97 Å². The Morgan fingerprint density at radius 2 is 2.19 bits per heavy atom. The summed E-state index contributed by atoms with van der Waals surface area (Å²) < 4.78 is 10.0. The molecule has 0 spiro atoms. The number of halogens is 1. The normalized spacial score (nSPS) is 10.1. The SMILES string of the molecule is COCCOc1c(Cl)ccc(C(=O)O)c1N. The van der Waals surface area contributed by atoms with E-state index in [2.05, 4.69) is 0 Å². The predicted octanol–water partition coefficient (Wildman–Crippen LogP) is 1.65. The highest BCUT2D eigenvalue weighted by molar-refractivity contribution is 6.32. The van der Waals surface area contributed by atoms with Crippen LogP contribution in [0, 0.1) is 0 Å². The third-order valence-electron chi connectivity index (χ3n) is 1.91. The second-order valence-corrected chi connectivity index (χ2v) is 3.39. The van der Waals surface area contributed by atoms with E-state index >= 15 is 0 Å². The number of carboxylic acids is 1. The molecule has 0 aliphatic heterocycles. The highest BCUT2D eigenvalue weighted by Crippen LogP contribution is 2.33. The molecule has 0 heterocycles. The lowest BCUT2D eigenvalue weighted by molar-refractivity contribution is 0.0697. The average Bonchev–Trinajstić information content (AvgIpc) is 2.22. The van der Waals surface area contributed by atoms with E-state index in [-0.39, 0.29) is 28.6 Å². The van der Waals surface area contributed by atoms with Gasteiger partial charge < -0.3 is 20.3 Å². The number of aromatic carboxylic acids is 1. The van der Waals surface area contributed by atoms with Crippen LogP contribution in [-0.4, -0.2) is 31.4 Å². The summed E-state index contributed by atoms with van der Waals surface area (Å²) in [6.45, 7) is 0.622. The van der Waals surface area contributed by atoms with Gasteiger partial charge in [-0.15, -0.1) is 0 Å². The Labute approximate surface area is 97.7 Å². The van der Waals surface area contributed by atoms with Gasteiger partial charge in [-0.1, -0.05) is 11.6 Å². The molecule has 0 aliphatic rings. The third-order valence-corrected chi connectivity index (χ3v) is 2.21. The highest BCUT2D eigenvalue weighted by atomic mass is 35.5. The van der Waals surface area contributed by atoms with Crippen LogP contribution < -0.4 is 10.5 Å². The van der Waals surface area contributed by atoms with E-state index in [9.17, 15) is 4.79 Å². The van der Waals surface area contributed by atoms with Crippen LogP contribution in [0.5, 0.6) is 5.75 Å². The summed E-state index contributed by atoms with van der Waals surface area (Å²) in [5, 5.41) is 9.13. The summed E-state index contributed by atoms with van der Waals surface area (Å²) in [5.74, 6) is -0.940. The number of nitrogens with two attached hydrogens (primary N) is 1. The second kappa shape index (κ2) is 5.58. The lowest BCUT2D eigenvalue weighted by Gasteiger charge is -2.11. The minimum absolute atomic E-state index is 0.0242. The van der Waals surface area contributed by atoms with Crippen molar-refractivity contribution in [1.82, 2.24) is 0 Å². The van der Waals surface area contributed by atoms with Crippen LogP contribution in [-0.2, 0) is 4.74 Å². The molecule has 5 nitrogen and oxygen atoms in total. The number of hydrogen-bond acceptors (Lipinski definition) is 4. The predicted molar refractivity (Wildman–Crippen MR) is 60.2 cm³/mol. The summed E-state index contributed by atoms with van der Waals surface area (Å²) >= 11 is 5.85. The first kappa shape index (κ1) is 12.6. The second-order valence-electron chi connectivity index (χ2n) is 2.98. The first-order valence-electron chi connectivity index (χ1n) is 4.51. The van der Waals surface area contributed by atoms with Crippen molar-refractivity contribution in [3.8, 4) is 5.75 Å². The van der Waals surface area contributed by atoms with Crippen molar-refractivity contribution in [1.29, 1.82) is 0 Å². The van der Waals surface area contributed by atoms with Gasteiger partial charge in [0, 0.05) is 7.11 Å². The van der Waals surface area contributed by atoms with Crippen LogP contribution in [0.2, 0.25) is 5.02 Å². The van der Waals surface area contributed by atoms with Crippen LogP contribution in [0.15, 0.2) is 12.1 Å². The zero-order chi connectivity index (χ0) is 12.1. The molecule has 0 bridgehead atoms. The van der Waals surface area contributed by atoms with Gasteiger partial charge in [0.25, 0.3) is 0 Å². The van der Waals surface area contributed by atoms with Crippen molar-refractivity contribution in [2.45, 2.75) is 0 Å². The maximum Gasteiger partial charge on any atom is 0.337 e. The van der Waals surface area contributed by atoms with Gasteiger partial charge in [0.2, 0.25) is 0 Å². The Morgan fingerprint density at radius 3 is 2.75 bits per heavy atom. The molecule has 6 heteroatoms. The van der Waals surface area contributed by atoms with Crippen LogP contribution in [0.3, 0.4) is 0 Å². The average molecular weight is 246 g/mol. The van der Waals surface area contributed by atoms with E-state index in [1.54, 1.807) is 0 Å². The van der Waals surface area contributed by atoms with Crippen LogP contribution in [0.1, 0.15) is 10.4 Å². The lowest BCUT2D eigenvalue weighted by atomic mass is 10.1. The van der Waals surface area contributed by atoms with Crippen molar-refractivity contribution < 1.29 is 19.4 Å². The van der Waals surface area contributed by atoms with Gasteiger partial charge in [0.15, 0.2) is 5.75 Å². The van der Waals surface area contributed by atoms with Gasteiger partial charge in [-0.3, -0.25) is 0 Å². The molecular weight excluding hydrogens is 234 g/mol. The number of benzene rings is 1. The Bertz CT molecular complexity index is 395. The summed E-state index contributed by atoms with van der Waals surface area (Å²) in [5.41, 5.74) is 5.63. The van der Waals surface area contributed by atoms with Crippen molar-refractivity contribution in [3.05, 3.63) is 22.7 Å². The minimum Gasteiger partial charge on any atom is -0.487 e. The number of ether oxygens (including phenoxy) is 2. The summed E-state index contributed by atoms with van der Waals surface area (Å²) in [6.07, 6.45) is 0. The van der Waals surface area contributed by atoms with Gasteiger partial charge in [0.1, 0.15) is 6.61 Å². The molecule has 0 fully saturated rings. The summed E-state index contributed by atoms with van der Waals surface area (Å²) in [7, 11) is 1.53. The molecule has 0 radical (unpaired) electrons. The first-order chi connectivity index (χ1) is 7.57. The van der Waals surface area contributed by atoms with Gasteiger partial charge in [-0.2, -0.15) is 0 Å². The fourth-order valence-corrected chi connectivity index (χ4v) is 1.35. The topological polar surface area (TPSA) is 81.8 Å². The Balaban J connectivity index is 2.97. The van der Waals surface area contributed by atoms with Gasteiger partial charge in [-0.05, 0) is 12.1 Å². The standard InChI is InChI=1S/C10H12ClNO4/c1-15-4-5-16-9-7(11)3-2-6(8(9)12)10(13)14/h2-3H,4-5,12H2,1H3,(H,13,14). The first-order valence-corrected chi connectivity index (χ1v) is 4.88. The fourth-order valence-electron chi connectivity index (χ4n) is 1.13. The zero-order valence-corrected chi connectivity index (χ0v) is 9.45. The molecule has 88 valence electrons. The number of carbonyl (C=O) groups is 1. The Kier molecular flexibility index (Phi) is 4.39. The van der Waals surface area contributed by atoms with Crippen LogP contribution >= 0.6 is 11.6 Å². The van der Waals surface area contributed by atoms with Crippen molar-refractivity contribution in [3.63, 3.8) is 0 Å². The van der Waals surface area contributed by atoms with E-state index in [0.717, 1.165) is 0 Å². The maximum atomic E-state index is 10.8. The molecule has 0 unspecified atom stereocenters. The van der Waals surface area contributed by atoms with E-state index in [4.69, 9.17) is 31.9 Å². The smallest absolute Gasteiger partial charge is 0.337 e. The largest absolute Gasteiger partial charge is 0.487 e. The number of hydrogen-bond donors (Lipinski definition) is 2. The molecule has 1 aromatic rings. The minimum atomic E-state index is -1.12. The molecule has 0 atom stereocenters. The molecule has 16 heavy (non-hydrogen) atoms. The molecule has 0 saturated carbocycles. The van der Waals surface area contributed by atoms with E-state index in [1.165, 1.54) is 19.2 Å². The van der Waals surface area contributed by atoms with E-state index in [0.29, 0.717) is 6.61 Å². The van der Waals surface area contributed by atoms with Crippen molar-refractivity contribution in [2.24, 2.45) is 0 Å². The quantitative estimate of drug-likeness (QED) is 0.609. The molecule has 1 aromatic carbocycles.